The quantitative estimate of drug-likeness (QED) is 0.878. The Balaban J connectivity index is 1.96. The van der Waals surface area contributed by atoms with Gasteiger partial charge in [-0.05, 0) is 23.8 Å². The fraction of sp³-hybridized carbons (Fsp3) is 0.214. The molecule has 0 aliphatic heterocycles. The zero-order valence-corrected chi connectivity index (χ0v) is 11.9. The van der Waals surface area contributed by atoms with Gasteiger partial charge in [-0.1, -0.05) is 37.3 Å². The maximum Gasteiger partial charge on any atom is 0.250 e. The maximum atomic E-state index is 12.7. The van der Waals surface area contributed by atoms with Crippen LogP contribution in [-0.2, 0) is 4.79 Å². The van der Waals surface area contributed by atoms with Gasteiger partial charge in [0.15, 0.2) is 0 Å². The minimum absolute atomic E-state index is 0.285. The number of aromatic nitrogens is 2. The minimum atomic E-state index is -0.304. The highest BCUT2D eigenvalue weighted by molar-refractivity contribution is 7.15. The Kier molecular flexibility index (Phi) is 4.57. The fourth-order valence-corrected chi connectivity index (χ4v) is 2.16. The molecule has 1 aromatic heterocycles. The molecule has 0 saturated carbocycles. The highest BCUT2D eigenvalue weighted by atomic mass is 32.1. The summed E-state index contributed by atoms with van der Waals surface area (Å²) < 4.78 is 12.7. The van der Waals surface area contributed by atoms with Crippen molar-refractivity contribution in [3.05, 3.63) is 46.7 Å². The number of hydrogen-bond acceptors (Lipinski definition) is 4. The van der Waals surface area contributed by atoms with E-state index in [9.17, 15) is 9.18 Å². The standard InChI is InChI=1S/C14H14FN3OS/c1-9(2)13-17-18-14(20-13)16-12(19)8-5-10-3-6-11(15)7-4-10/h3-9H,1-2H3,(H,16,18,19)/b8-5+. The van der Waals surface area contributed by atoms with Crippen LogP contribution in [0.15, 0.2) is 30.3 Å². The predicted molar refractivity (Wildman–Crippen MR) is 78.1 cm³/mol. The van der Waals surface area contributed by atoms with Gasteiger partial charge in [-0.2, -0.15) is 0 Å². The lowest BCUT2D eigenvalue weighted by Gasteiger charge is -1.96. The van der Waals surface area contributed by atoms with Gasteiger partial charge in [0.2, 0.25) is 11.0 Å². The van der Waals surface area contributed by atoms with E-state index in [1.54, 1.807) is 18.2 Å². The van der Waals surface area contributed by atoms with Gasteiger partial charge in [-0.15, -0.1) is 10.2 Å². The fourth-order valence-electron chi connectivity index (χ4n) is 1.41. The van der Waals surface area contributed by atoms with Gasteiger partial charge >= 0.3 is 0 Å². The molecule has 0 fully saturated rings. The van der Waals surface area contributed by atoms with E-state index in [-0.39, 0.29) is 17.6 Å². The summed E-state index contributed by atoms with van der Waals surface area (Å²) in [6, 6.07) is 5.89. The van der Waals surface area contributed by atoms with E-state index in [2.05, 4.69) is 15.5 Å². The molecule has 1 heterocycles. The average molecular weight is 291 g/mol. The molecule has 0 aliphatic carbocycles. The molecule has 0 atom stereocenters. The summed E-state index contributed by atoms with van der Waals surface area (Å²) in [7, 11) is 0. The molecule has 6 heteroatoms. The molecule has 1 aromatic carbocycles. The number of hydrogen-bond donors (Lipinski definition) is 1. The van der Waals surface area contributed by atoms with Gasteiger partial charge in [-0.25, -0.2) is 4.39 Å². The number of halogens is 1. The van der Waals surface area contributed by atoms with Crippen molar-refractivity contribution < 1.29 is 9.18 Å². The molecule has 2 aromatic rings. The number of rotatable bonds is 4. The first-order valence-corrected chi connectivity index (χ1v) is 6.94. The molecule has 0 bridgehead atoms. The lowest BCUT2D eigenvalue weighted by atomic mass is 10.2. The van der Waals surface area contributed by atoms with Crippen LogP contribution < -0.4 is 5.32 Å². The van der Waals surface area contributed by atoms with Crippen LogP contribution in [0.1, 0.15) is 30.3 Å². The Hall–Kier alpha value is -2.08. The molecule has 4 nitrogen and oxygen atoms in total. The molecule has 0 radical (unpaired) electrons. The zero-order chi connectivity index (χ0) is 14.5. The van der Waals surface area contributed by atoms with Gasteiger partial charge in [0, 0.05) is 12.0 Å². The van der Waals surface area contributed by atoms with E-state index in [1.807, 2.05) is 13.8 Å². The third-order valence-corrected chi connectivity index (χ3v) is 3.60. The monoisotopic (exact) mass is 291 g/mol. The molecule has 1 N–H and O–H groups in total. The second-order valence-electron chi connectivity index (χ2n) is 4.47. The molecule has 0 saturated heterocycles. The minimum Gasteiger partial charge on any atom is -0.297 e. The van der Waals surface area contributed by atoms with Crippen molar-refractivity contribution in [2.24, 2.45) is 0 Å². The predicted octanol–water partition coefficient (Wildman–Crippen LogP) is 3.45. The lowest BCUT2D eigenvalue weighted by Crippen LogP contribution is -2.07. The SMILES string of the molecule is CC(C)c1nnc(NC(=O)/C=C/c2ccc(F)cc2)s1. The van der Waals surface area contributed by atoms with Crippen LogP contribution >= 0.6 is 11.3 Å². The molecule has 0 spiro atoms. The first-order chi connectivity index (χ1) is 9.54. The molecule has 0 aliphatic rings. The third-order valence-electron chi connectivity index (χ3n) is 2.46. The largest absolute Gasteiger partial charge is 0.297 e. The summed E-state index contributed by atoms with van der Waals surface area (Å²) in [6.07, 6.45) is 2.99. The molecule has 0 unspecified atom stereocenters. The summed E-state index contributed by atoms with van der Waals surface area (Å²) in [4.78, 5) is 11.7. The van der Waals surface area contributed by atoms with Crippen molar-refractivity contribution in [3.63, 3.8) is 0 Å². The van der Waals surface area contributed by atoms with Gasteiger partial charge < -0.3 is 0 Å². The Morgan fingerprint density at radius 3 is 2.60 bits per heavy atom. The second-order valence-corrected chi connectivity index (χ2v) is 5.48. The van der Waals surface area contributed by atoms with Crippen molar-refractivity contribution in [2.75, 3.05) is 5.32 Å². The number of anilines is 1. The average Bonchev–Trinajstić information content (AvgIpc) is 2.87. The van der Waals surface area contributed by atoms with Gasteiger partial charge in [0.05, 0.1) is 0 Å². The van der Waals surface area contributed by atoms with Gasteiger partial charge in [-0.3, -0.25) is 10.1 Å². The van der Waals surface area contributed by atoms with Crippen LogP contribution in [-0.4, -0.2) is 16.1 Å². The van der Waals surface area contributed by atoms with Crippen LogP contribution in [0.25, 0.3) is 6.08 Å². The molecule has 20 heavy (non-hydrogen) atoms. The Morgan fingerprint density at radius 1 is 1.30 bits per heavy atom. The number of nitrogens with one attached hydrogen (secondary N) is 1. The lowest BCUT2D eigenvalue weighted by molar-refractivity contribution is -0.111. The smallest absolute Gasteiger partial charge is 0.250 e. The van der Waals surface area contributed by atoms with E-state index in [1.165, 1.54) is 29.5 Å². The molecule has 2 rings (SSSR count). The van der Waals surface area contributed by atoms with Crippen molar-refractivity contribution in [3.8, 4) is 0 Å². The van der Waals surface area contributed by atoms with E-state index < -0.39 is 0 Å². The zero-order valence-electron chi connectivity index (χ0n) is 11.1. The summed E-state index contributed by atoms with van der Waals surface area (Å²) in [5.41, 5.74) is 0.752. The summed E-state index contributed by atoms with van der Waals surface area (Å²) >= 11 is 1.36. The van der Waals surface area contributed by atoms with E-state index in [0.717, 1.165) is 10.6 Å². The van der Waals surface area contributed by atoms with Crippen LogP contribution in [0, 0.1) is 5.82 Å². The molecular weight excluding hydrogens is 277 g/mol. The highest BCUT2D eigenvalue weighted by Gasteiger charge is 2.08. The molecule has 1 amide bonds. The number of carbonyl (C=O) groups is 1. The summed E-state index contributed by atoms with van der Waals surface area (Å²) in [5, 5.41) is 11.9. The normalized spacial score (nSPS) is 11.2. The maximum absolute atomic E-state index is 12.7. The first-order valence-electron chi connectivity index (χ1n) is 6.12. The topological polar surface area (TPSA) is 54.9 Å². The summed E-state index contributed by atoms with van der Waals surface area (Å²) in [5.74, 6) is -0.310. The van der Waals surface area contributed by atoms with Crippen molar-refractivity contribution >= 4 is 28.5 Å². The Bertz CT molecular complexity index is 620. The number of benzene rings is 1. The van der Waals surface area contributed by atoms with E-state index in [0.29, 0.717) is 5.13 Å². The molecule has 104 valence electrons. The Morgan fingerprint density at radius 2 is 2.00 bits per heavy atom. The van der Waals surface area contributed by atoms with Gasteiger partial charge in [0.25, 0.3) is 0 Å². The van der Waals surface area contributed by atoms with Crippen LogP contribution in [0.5, 0.6) is 0 Å². The second kappa shape index (κ2) is 6.38. The number of carbonyl (C=O) groups excluding carboxylic acids is 1. The number of amides is 1. The van der Waals surface area contributed by atoms with Crippen LogP contribution in [0.4, 0.5) is 9.52 Å². The van der Waals surface area contributed by atoms with E-state index in [4.69, 9.17) is 0 Å². The van der Waals surface area contributed by atoms with Crippen molar-refractivity contribution in [1.29, 1.82) is 0 Å². The third kappa shape index (κ3) is 3.96. The van der Waals surface area contributed by atoms with Crippen LogP contribution in [0.2, 0.25) is 0 Å². The highest BCUT2D eigenvalue weighted by Crippen LogP contribution is 2.22. The summed E-state index contributed by atoms with van der Waals surface area (Å²) in [6.45, 7) is 4.03. The Labute approximate surface area is 120 Å². The van der Waals surface area contributed by atoms with Crippen LogP contribution in [0.3, 0.4) is 0 Å². The van der Waals surface area contributed by atoms with Crippen molar-refractivity contribution in [2.45, 2.75) is 19.8 Å². The molecular formula is C14H14FN3OS. The van der Waals surface area contributed by atoms with Gasteiger partial charge in [0.1, 0.15) is 10.8 Å². The number of nitrogens with zero attached hydrogens (tertiary/aromatic N) is 2. The van der Waals surface area contributed by atoms with Crippen molar-refractivity contribution in [1.82, 2.24) is 10.2 Å². The van der Waals surface area contributed by atoms with E-state index >= 15 is 0 Å². The first kappa shape index (κ1) is 14.3.